The zero-order valence-corrected chi connectivity index (χ0v) is 15.4. The Morgan fingerprint density at radius 3 is 2.68 bits per heavy atom. The van der Waals surface area contributed by atoms with Crippen molar-refractivity contribution in [2.75, 3.05) is 13.1 Å². The Labute approximate surface area is 163 Å². The second-order valence-corrected chi connectivity index (χ2v) is 7.33. The molecule has 0 saturated carbocycles. The number of nitrogens with one attached hydrogen (secondary N) is 1. The van der Waals surface area contributed by atoms with Crippen LogP contribution in [-0.4, -0.2) is 29.7 Å². The Kier molecular flexibility index (Phi) is 3.97. The monoisotopic (exact) mass is 368 g/mol. The maximum Gasteiger partial charge on any atom is 0.270 e. The summed E-state index contributed by atoms with van der Waals surface area (Å²) in [5, 5.41) is 5.30. The fraction of sp³-hybridized carbons (Fsp3) is 0.167. The first-order valence-electron chi connectivity index (χ1n) is 9.58. The number of ketones is 1. The van der Waals surface area contributed by atoms with Gasteiger partial charge >= 0.3 is 0 Å². The van der Waals surface area contributed by atoms with Gasteiger partial charge < -0.3 is 10.2 Å². The molecule has 3 aromatic rings. The third-order valence-electron chi connectivity index (χ3n) is 5.70. The van der Waals surface area contributed by atoms with Crippen LogP contribution in [0.15, 0.2) is 78.5 Å². The van der Waals surface area contributed by atoms with Crippen LogP contribution in [0.1, 0.15) is 27.5 Å². The summed E-state index contributed by atoms with van der Waals surface area (Å²) in [5.74, 6) is -0.252. The lowest BCUT2D eigenvalue weighted by Crippen LogP contribution is -2.51. The molecule has 3 aromatic carbocycles. The standard InChI is InChI=1S/C24H20N2O2/c27-23(19-10-9-16-5-1-2-7-18(16)13-19)14-21-24(28)26-12-11-17-6-3-4-8-20(17)22(26)15-25-21/h1-10,13-14,22,25H,11-12,15H2. The fourth-order valence-electron chi connectivity index (χ4n) is 4.22. The zero-order valence-electron chi connectivity index (χ0n) is 15.4. The number of fused-ring (bicyclic) bond motifs is 4. The number of benzene rings is 3. The minimum atomic E-state index is -0.155. The minimum Gasteiger partial charge on any atom is -0.378 e. The average Bonchev–Trinajstić information content (AvgIpc) is 2.75. The quantitative estimate of drug-likeness (QED) is 0.555. The van der Waals surface area contributed by atoms with Gasteiger partial charge in [0.1, 0.15) is 5.70 Å². The van der Waals surface area contributed by atoms with E-state index in [9.17, 15) is 9.59 Å². The van der Waals surface area contributed by atoms with Gasteiger partial charge in [-0.2, -0.15) is 0 Å². The van der Waals surface area contributed by atoms with Gasteiger partial charge in [0.25, 0.3) is 5.91 Å². The highest BCUT2D eigenvalue weighted by molar-refractivity contribution is 6.11. The number of rotatable bonds is 2. The first kappa shape index (κ1) is 16.8. The van der Waals surface area contributed by atoms with Crippen molar-refractivity contribution in [3.8, 4) is 0 Å². The molecular weight excluding hydrogens is 348 g/mol. The predicted octanol–water partition coefficient (Wildman–Crippen LogP) is 3.64. The number of amides is 1. The predicted molar refractivity (Wildman–Crippen MR) is 109 cm³/mol. The first-order valence-corrected chi connectivity index (χ1v) is 9.58. The molecule has 2 heterocycles. The van der Waals surface area contributed by atoms with Crippen LogP contribution < -0.4 is 5.32 Å². The lowest BCUT2D eigenvalue weighted by molar-refractivity contribution is -0.132. The summed E-state index contributed by atoms with van der Waals surface area (Å²) in [6, 6.07) is 21.9. The van der Waals surface area contributed by atoms with E-state index in [4.69, 9.17) is 0 Å². The molecule has 1 amide bonds. The van der Waals surface area contributed by atoms with Crippen molar-refractivity contribution in [1.29, 1.82) is 0 Å². The number of carbonyl (C=O) groups is 2. The molecule has 1 atom stereocenters. The lowest BCUT2D eigenvalue weighted by atomic mass is 9.90. The summed E-state index contributed by atoms with van der Waals surface area (Å²) in [6.45, 7) is 1.31. The molecule has 1 fully saturated rings. The molecular formula is C24H20N2O2. The fourth-order valence-corrected chi connectivity index (χ4v) is 4.22. The van der Waals surface area contributed by atoms with Crippen LogP contribution >= 0.6 is 0 Å². The highest BCUT2D eigenvalue weighted by Gasteiger charge is 2.36. The molecule has 1 N–H and O–H groups in total. The number of piperazine rings is 1. The number of nitrogens with zero attached hydrogens (tertiary/aromatic N) is 1. The van der Waals surface area contributed by atoms with Crippen molar-refractivity contribution in [1.82, 2.24) is 10.2 Å². The molecule has 1 saturated heterocycles. The molecule has 1 unspecified atom stereocenters. The molecule has 138 valence electrons. The van der Waals surface area contributed by atoms with Gasteiger partial charge in [-0.05, 0) is 34.4 Å². The number of hydrogen-bond acceptors (Lipinski definition) is 3. The highest BCUT2D eigenvalue weighted by Crippen LogP contribution is 2.32. The van der Waals surface area contributed by atoms with E-state index in [0.29, 0.717) is 24.4 Å². The van der Waals surface area contributed by atoms with Crippen LogP contribution in [0.2, 0.25) is 0 Å². The first-order chi connectivity index (χ1) is 13.7. The highest BCUT2D eigenvalue weighted by atomic mass is 16.2. The van der Waals surface area contributed by atoms with Gasteiger partial charge in [0.15, 0.2) is 5.78 Å². The van der Waals surface area contributed by atoms with E-state index >= 15 is 0 Å². The molecule has 0 aliphatic carbocycles. The molecule has 28 heavy (non-hydrogen) atoms. The molecule has 4 heteroatoms. The van der Waals surface area contributed by atoms with Crippen LogP contribution in [0.5, 0.6) is 0 Å². The molecule has 0 bridgehead atoms. The molecule has 0 radical (unpaired) electrons. The summed E-state index contributed by atoms with van der Waals surface area (Å²) in [7, 11) is 0. The zero-order chi connectivity index (χ0) is 19.1. The van der Waals surface area contributed by atoms with E-state index in [1.165, 1.54) is 17.2 Å². The second-order valence-electron chi connectivity index (χ2n) is 7.33. The van der Waals surface area contributed by atoms with Crippen molar-refractivity contribution >= 4 is 22.5 Å². The van der Waals surface area contributed by atoms with Gasteiger partial charge in [-0.3, -0.25) is 9.59 Å². The molecule has 2 aliphatic heterocycles. The van der Waals surface area contributed by atoms with Gasteiger partial charge in [0.05, 0.1) is 6.04 Å². The van der Waals surface area contributed by atoms with E-state index < -0.39 is 0 Å². The van der Waals surface area contributed by atoms with Crippen molar-refractivity contribution in [2.24, 2.45) is 0 Å². The molecule has 4 nitrogen and oxygen atoms in total. The Bertz CT molecular complexity index is 1130. The maximum absolute atomic E-state index is 13.0. The summed E-state index contributed by atoms with van der Waals surface area (Å²) in [5.41, 5.74) is 3.48. The van der Waals surface area contributed by atoms with Gasteiger partial charge in [-0.1, -0.05) is 60.7 Å². The van der Waals surface area contributed by atoms with E-state index in [1.54, 1.807) is 0 Å². The SMILES string of the molecule is O=C(C=C1NCC2c3ccccc3CCN2C1=O)c1ccc2ccccc2c1. The van der Waals surface area contributed by atoms with Crippen LogP contribution in [0.4, 0.5) is 0 Å². The minimum absolute atomic E-state index is 0.0328. The average molecular weight is 368 g/mol. The van der Waals surface area contributed by atoms with Crippen LogP contribution in [0.3, 0.4) is 0 Å². The van der Waals surface area contributed by atoms with E-state index in [0.717, 1.165) is 17.2 Å². The summed E-state index contributed by atoms with van der Waals surface area (Å²) in [6.07, 6.45) is 2.30. The number of carbonyl (C=O) groups excluding carboxylic acids is 2. The van der Waals surface area contributed by atoms with Crippen LogP contribution in [-0.2, 0) is 11.2 Å². The third kappa shape index (κ3) is 2.78. The van der Waals surface area contributed by atoms with Gasteiger partial charge in [0.2, 0.25) is 0 Å². The molecule has 0 aromatic heterocycles. The summed E-state index contributed by atoms with van der Waals surface area (Å²) in [4.78, 5) is 27.7. The smallest absolute Gasteiger partial charge is 0.270 e. The van der Waals surface area contributed by atoms with E-state index in [-0.39, 0.29) is 17.7 Å². The lowest BCUT2D eigenvalue weighted by Gasteiger charge is -2.41. The Morgan fingerprint density at radius 1 is 1.00 bits per heavy atom. The molecule has 5 rings (SSSR count). The second kappa shape index (κ2) is 6.64. The Morgan fingerprint density at radius 2 is 1.79 bits per heavy atom. The maximum atomic E-state index is 13.0. The van der Waals surface area contributed by atoms with Crippen molar-refractivity contribution < 1.29 is 9.59 Å². The van der Waals surface area contributed by atoms with Crippen LogP contribution in [0.25, 0.3) is 10.8 Å². The summed E-state index contributed by atoms with van der Waals surface area (Å²) < 4.78 is 0. The normalized spacial score (nSPS) is 19.9. The van der Waals surface area contributed by atoms with Crippen molar-refractivity contribution in [3.63, 3.8) is 0 Å². The van der Waals surface area contributed by atoms with Crippen LogP contribution in [0, 0.1) is 0 Å². The van der Waals surface area contributed by atoms with Crippen molar-refractivity contribution in [2.45, 2.75) is 12.5 Å². The topological polar surface area (TPSA) is 49.4 Å². The van der Waals surface area contributed by atoms with Gasteiger partial charge in [0, 0.05) is 24.7 Å². The Balaban J connectivity index is 1.42. The number of hydrogen-bond donors (Lipinski definition) is 1. The Hall–Kier alpha value is -3.40. The molecule has 0 spiro atoms. The third-order valence-corrected chi connectivity index (χ3v) is 5.70. The largest absolute Gasteiger partial charge is 0.378 e. The van der Waals surface area contributed by atoms with Crippen molar-refractivity contribution in [3.05, 3.63) is 95.2 Å². The van der Waals surface area contributed by atoms with Gasteiger partial charge in [-0.15, -0.1) is 0 Å². The van der Waals surface area contributed by atoms with E-state index in [1.807, 2.05) is 59.5 Å². The molecule has 2 aliphatic rings. The number of allylic oxidation sites excluding steroid dienone is 1. The summed E-state index contributed by atoms with van der Waals surface area (Å²) >= 11 is 0. The van der Waals surface area contributed by atoms with E-state index in [2.05, 4.69) is 17.4 Å². The van der Waals surface area contributed by atoms with Gasteiger partial charge in [-0.25, -0.2) is 0 Å².